The molecular weight excluding hydrogens is 331 g/mol. The van der Waals surface area contributed by atoms with Gasteiger partial charge in [0.25, 0.3) is 5.91 Å². The summed E-state index contributed by atoms with van der Waals surface area (Å²) in [7, 11) is 0. The highest BCUT2D eigenvalue weighted by atomic mass is 19.1. The van der Waals surface area contributed by atoms with Crippen LogP contribution in [0.2, 0.25) is 0 Å². The fourth-order valence-corrected chi connectivity index (χ4v) is 2.88. The zero-order valence-corrected chi connectivity index (χ0v) is 14.7. The third-order valence-electron chi connectivity index (χ3n) is 4.33. The fraction of sp³-hybridized carbons (Fsp3) is 0.238. The van der Waals surface area contributed by atoms with Gasteiger partial charge in [-0.3, -0.25) is 10.0 Å². The molecule has 0 fully saturated rings. The maximum atomic E-state index is 13.7. The van der Waals surface area contributed by atoms with Gasteiger partial charge in [0.1, 0.15) is 5.82 Å². The number of hydrogen-bond acceptors (Lipinski definition) is 3. The molecule has 3 N–H and O–H groups in total. The van der Waals surface area contributed by atoms with Crippen molar-refractivity contribution < 1.29 is 14.4 Å². The third kappa shape index (κ3) is 5.36. The number of carbonyl (C=O) groups excluding carboxylic acids is 1. The minimum absolute atomic E-state index is 0.0134. The third-order valence-corrected chi connectivity index (χ3v) is 4.33. The van der Waals surface area contributed by atoms with Crippen molar-refractivity contribution in [3.63, 3.8) is 0 Å². The summed E-state index contributed by atoms with van der Waals surface area (Å²) in [6, 6.07) is 14.3. The number of amides is 1. The second kappa shape index (κ2) is 9.63. The van der Waals surface area contributed by atoms with Gasteiger partial charge in [0, 0.05) is 17.7 Å². The lowest BCUT2D eigenvalue weighted by molar-refractivity contribution is -0.124. The van der Waals surface area contributed by atoms with Gasteiger partial charge in [0.05, 0.1) is 0 Å². The van der Waals surface area contributed by atoms with E-state index < -0.39 is 5.91 Å². The van der Waals surface area contributed by atoms with Gasteiger partial charge in [-0.1, -0.05) is 49.4 Å². The Hall–Kier alpha value is -2.79. The van der Waals surface area contributed by atoms with Crippen LogP contribution in [0.15, 0.2) is 54.6 Å². The number of aryl methyl sites for hydroxylation is 1. The van der Waals surface area contributed by atoms with Crippen molar-refractivity contribution in [2.75, 3.05) is 0 Å². The molecule has 0 spiro atoms. The lowest BCUT2D eigenvalue weighted by Gasteiger charge is -2.17. The first kappa shape index (κ1) is 19.5. The maximum absolute atomic E-state index is 13.7. The van der Waals surface area contributed by atoms with Gasteiger partial charge in [0.15, 0.2) is 0 Å². The summed E-state index contributed by atoms with van der Waals surface area (Å²) in [5.41, 5.74) is 4.60. The van der Waals surface area contributed by atoms with E-state index in [4.69, 9.17) is 10.6 Å². The monoisotopic (exact) mass is 354 g/mol. The summed E-state index contributed by atoms with van der Waals surface area (Å²) in [4.78, 5) is 11.0. The Labute approximate surface area is 152 Å². The largest absolute Gasteiger partial charge is 0.309 e. The number of halogens is 1. The zero-order chi connectivity index (χ0) is 18.9. The van der Waals surface area contributed by atoms with E-state index in [0.717, 1.165) is 17.5 Å². The van der Waals surface area contributed by atoms with Crippen LogP contribution < -0.4 is 5.48 Å². The maximum Gasteiger partial charge on any atom is 0.267 e. The average molecular weight is 354 g/mol. The number of carbonyl (C=O) groups is 1. The van der Waals surface area contributed by atoms with Crippen molar-refractivity contribution in [3.05, 3.63) is 77.1 Å². The molecule has 26 heavy (non-hydrogen) atoms. The highest BCUT2D eigenvalue weighted by Crippen LogP contribution is 2.24. The molecule has 1 amide bonds. The molecule has 0 saturated heterocycles. The summed E-state index contributed by atoms with van der Waals surface area (Å²) >= 11 is 0. The van der Waals surface area contributed by atoms with E-state index in [-0.39, 0.29) is 11.7 Å². The van der Waals surface area contributed by atoms with Crippen LogP contribution in [-0.4, -0.2) is 16.8 Å². The molecule has 0 heterocycles. The predicted octanol–water partition coefficient (Wildman–Crippen LogP) is 4.49. The summed E-state index contributed by atoms with van der Waals surface area (Å²) in [6.07, 6.45) is 4.65. The molecule has 0 aliphatic carbocycles. The normalized spacial score (nSPS) is 12.1. The Morgan fingerprint density at radius 2 is 1.92 bits per heavy atom. The smallest absolute Gasteiger partial charge is 0.267 e. The molecule has 4 nitrogen and oxygen atoms in total. The Morgan fingerprint density at radius 3 is 2.54 bits per heavy atom. The SMILES string of the molecule is CCC(C(=N)CCc1ccccc1F)c1ccc(/C=C/C(=O)NO)cc1. The zero-order valence-electron chi connectivity index (χ0n) is 14.7. The van der Waals surface area contributed by atoms with Crippen LogP contribution in [0.4, 0.5) is 4.39 Å². The molecule has 2 rings (SSSR count). The Balaban J connectivity index is 2.02. The molecule has 1 atom stereocenters. The number of nitrogens with one attached hydrogen (secondary N) is 2. The molecule has 0 bridgehead atoms. The highest BCUT2D eigenvalue weighted by molar-refractivity contribution is 5.91. The molecule has 0 radical (unpaired) electrons. The number of hydrogen-bond donors (Lipinski definition) is 3. The minimum Gasteiger partial charge on any atom is -0.309 e. The molecule has 0 saturated carbocycles. The van der Waals surface area contributed by atoms with Gasteiger partial charge >= 0.3 is 0 Å². The molecule has 0 aromatic heterocycles. The second-order valence-electron chi connectivity index (χ2n) is 6.05. The van der Waals surface area contributed by atoms with Gasteiger partial charge in [0.2, 0.25) is 0 Å². The Bertz CT molecular complexity index is 785. The summed E-state index contributed by atoms with van der Waals surface area (Å²) in [5, 5.41) is 16.9. The van der Waals surface area contributed by atoms with Crippen LogP contribution in [0.1, 0.15) is 42.4 Å². The standard InChI is InChI=1S/C21H23FN2O2/c1-2-18(20(23)13-12-17-5-3-4-6-19(17)22)16-10-7-15(8-11-16)9-14-21(25)24-26/h3-11,14,18,23,26H,2,12-13H2,1H3,(H,24,25)/b14-9+,23-20?. The fourth-order valence-electron chi connectivity index (χ4n) is 2.88. The predicted molar refractivity (Wildman–Crippen MR) is 101 cm³/mol. The highest BCUT2D eigenvalue weighted by Gasteiger charge is 2.15. The Kier molecular flexibility index (Phi) is 7.24. The van der Waals surface area contributed by atoms with Crippen molar-refractivity contribution in [3.8, 4) is 0 Å². The number of benzene rings is 2. The van der Waals surface area contributed by atoms with E-state index >= 15 is 0 Å². The van der Waals surface area contributed by atoms with Crippen molar-refractivity contribution in [1.82, 2.24) is 5.48 Å². The van der Waals surface area contributed by atoms with E-state index in [1.54, 1.807) is 18.2 Å². The topological polar surface area (TPSA) is 73.2 Å². The first-order valence-corrected chi connectivity index (χ1v) is 8.58. The lowest BCUT2D eigenvalue weighted by Crippen LogP contribution is -2.14. The van der Waals surface area contributed by atoms with Crippen LogP contribution in [0.25, 0.3) is 6.08 Å². The van der Waals surface area contributed by atoms with Crippen molar-refractivity contribution >= 4 is 17.7 Å². The first-order chi connectivity index (χ1) is 12.5. The van der Waals surface area contributed by atoms with Gasteiger partial charge in [-0.05, 0) is 48.1 Å². The van der Waals surface area contributed by atoms with Gasteiger partial charge in [-0.2, -0.15) is 0 Å². The summed E-state index contributed by atoms with van der Waals surface area (Å²) in [6.45, 7) is 2.03. The van der Waals surface area contributed by atoms with E-state index in [1.165, 1.54) is 17.6 Å². The van der Waals surface area contributed by atoms with Crippen molar-refractivity contribution in [2.24, 2.45) is 0 Å². The molecule has 2 aromatic rings. The van der Waals surface area contributed by atoms with Crippen molar-refractivity contribution in [2.45, 2.75) is 32.1 Å². The lowest BCUT2D eigenvalue weighted by atomic mass is 9.88. The quantitative estimate of drug-likeness (QED) is 0.283. The Morgan fingerprint density at radius 1 is 1.23 bits per heavy atom. The molecule has 2 aromatic carbocycles. The van der Waals surface area contributed by atoms with Gasteiger partial charge in [-0.15, -0.1) is 0 Å². The first-order valence-electron chi connectivity index (χ1n) is 8.58. The molecular formula is C21H23FN2O2. The van der Waals surface area contributed by atoms with Crippen LogP contribution in [-0.2, 0) is 11.2 Å². The average Bonchev–Trinajstić information content (AvgIpc) is 2.67. The van der Waals surface area contributed by atoms with Gasteiger partial charge < -0.3 is 5.41 Å². The summed E-state index contributed by atoms with van der Waals surface area (Å²) in [5.74, 6) is -0.826. The van der Waals surface area contributed by atoms with Crippen LogP contribution in [0.3, 0.4) is 0 Å². The number of rotatable bonds is 8. The second-order valence-corrected chi connectivity index (χ2v) is 6.05. The van der Waals surface area contributed by atoms with E-state index in [9.17, 15) is 9.18 Å². The molecule has 0 aliphatic heterocycles. The van der Waals surface area contributed by atoms with Crippen molar-refractivity contribution in [1.29, 1.82) is 5.41 Å². The summed E-state index contributed by atoms with van der Waals surface area (Å²) < 4.78 is 13.7. The van der Waals surface area contributed by atoms with E-state index in [1.807, 2.05) is 37.3 Å². The van der Waals surface area contributed by atoms with Crippen LogP contribution in [0.5, 0.6) is 0 Å². The molecule has 1 unspecified atom stereocenters. The number of hydroxylamine groups is 1. The molecule has 0 aliphatic rings. The van der Waals surface area contributed by atoms with Crippen LogP contribution >= 0.6 is 0 Å². The van der Waals surface area contributed by atoms with Gasteiger partial charge in [-0.25, -0.2) is 9.87 Å². The van der Waals surface area contributed by atoms with E-state index in [0.29, 0.717) is 24.1 Å². The molecule has 136 valence electrons. The minimum atomic E-state index is -0.588. The van der Waals surface area contributed by atoms with Crippen LogP contribution in [0, 0.1) is 11.2 Å². The van der Waals surface area contributed by atoms with E-state index in [2.05, 4.69) is 0 Å². The molecule has 5 heteroatoms.